The van der Waals surface area contributed by atoms with E-state index in [1.807, 2.05) is 0 Å². The van der Waals surface area contributed by atoms with E-state index in [1.165, 1.54) is 6.07 Å². The number of rotatable bonds is 3. The molecule has 0 aromatic heterocycles. The van der Waals surface area contributed by atoms with Crippen molar-refractivity contribution >= 4 is 17.5 Å². The van der Waals surface area contributed by atoms with Gasteiger partial charge in [-0.05, 0) is 11.5 Å². The number of hydrogen-bond donors (Lipinski definition) is 2. The maximum atomic E-state index is 11.3. The lowest BCUT2D eigenvalue weighted by atomic mass is 9.83. The molecule has 0 atom stereocenters. The zero-order valence-corrected chi connectivity index (χ0v) is 10.9. The lowest BCUT2D eigenvalue weighted by Crippen LogP contribution is -2.23. The Balaban J connectivity index is 3.75. The fourth-order valence-electron chi connectivity index (χ4n) is 1.75. The van der Waals surface area contributed by atoms with Crippen LogP contribution in [0.1, 0.15) is 47.1 Å². The van der Waals surface area contributed by atoms with E-state index in [-0.39, 0.29) is 16.8 Å². The smallest absolute Gasteiger partial charge is 0.273 e. The van der Waals surface area contributed by atoms with Gasteiger partial charge in [0.05, 0.1) is 16.1 Å². The molecule has 0 heterocycles. The minimum atomic E-state index is -0.933. The molecule has 1 aromatic carbocycles. The predicted octanol–water partition coefficient (Wildman–Crippen LogP) is 1.09. The monoisotopic (exact) mass is 265 g/mol. The lowest BCUT2D eigenvalue weighted by Gasteiger charge is -2.20. The SMILES string of the molecule is CC(C)(C)c1cc(C(N)=O)c(C(N)=O)cc1[N+](=O)[O-]. The molecule has 7 nitrogen and oxygen atoms in total. The van der Waals surface area contributed by atoms with Crippen molar-refractivity contribution in [2.24, 2.45) is 11.5 Å². The number of hydrogen-bond acceptors (Lipinski definition) is 4. The number of primary amides is 2. The van der Waals surface area contributed by atoms with Gasteiger partial charge >= 0.3 is 0 Å². The summed E-state index contributed by atoms with van der Waals surface area (Å²) in [4.78, 5) is 33.0. The first-order valence-corrected chi connectivity index (χ1v) is 5.48. The van der Waals surface area contributed by atoms with Crippen LogP contribution in [-0.2, 0) is 5.41 Å². The van der Waals surface area contributed by atoms with E-state index >= 15 is 0 Å². The van der Waals surface area contributed by atoms with Gasteiger partial charge in [-0.2, -0.15) is 0 Å². The normalized spacial score (nSPS) is 11.1. The Hall–Kier alpha value is -2.44. The number of nitrogens with zero attached hydrogens (tertiary/aromatic N) is 1. The second-order valence-corrected chi connectivity index (χ2v) is 5.15. The molecule has 0 fully saturated rings. The first-order chi connectivity index (χ1) is 8.55. The van der Waals surface area contributed by atoms with Gasteiger partial charge in [0, 0.05) is 11.6 Å². The molecule has 0 bridgehead atoms. The van der Waals surface area contributed by atoms with Crippen molar-refractivity contribution in [1.29, 1.82) is 0 Å². The number of carbonyl (C=O) groups excluding carboxylic acids is 2. The summed E-state index contributed by atoms with van der Waals surface area (Å²) >= 11 is 0. The Morgan fingerprint density at radius 3 is 1.84 bits per heavy atom. The average molecular weight is 265 g/mol. The lowest BCUT2D eigenvalue weighted by molar-refractivity contribution is -0.386. The molecule has 0 saturated carbocycles. The van der Waals surface area contributed by atoms with Crippen molar-refractivity contribution in [2.45, 2.75) is 26.2 Å². The Kier molecular flexibility index (Phi) is 3.60. The third kappa shape index (κ3) is 2.87. The minimum Gasteiger partial charge on any atom is -0.366 e. The summed E-state index contributed by atoms with van der Waals surface area (Å²) in [7, 11) is 0. The largest absolute Gasteiger partial charge is 0.366 e. The minimum absolute atomic E-state index is 0.108. The fraction of sp³-hybridized carbons (Fsp3) is 0.333. The average Bonchev–Trinajstić information content (AvgIpc) is 2.25. The maximum Gasteiger partial charge on any atom is 0.273 e. The molecular weight excluding hydrogens is 250 g/mol. The van der Waals surface area contributed by atoms with Gasteiger partial charge < -0.3 is 11.5 Å². The van der Waals surface area contributed by atoms with Gasteiger partial charge in [0.25, 0.3) is 5.69 Å². The highest BCUT2D eigenvalue weighted by Crippen LogP contribution is 2.33. The Labute approximate surface area is 109 Å². The van der Waals surface area contributed by atoms with Crippen molar-refractivity contribution < 1.29 is 14.5 Å². The molecule has 102 valence electrons. The summed E-state index contributed by atoms with van der Waals surface area (Å²) in [6.45, 7) is 5.26. The molecule has 1 aromatic rings. The third-order valence-corrected chi connectivity index (χ3v) is 2.67. The van der Waals surface area contributed by atoms with Crippen LogP contribution in [-0.4, -0.2) is 16.7 Å². The van der Waals surface area contributed by atoms with Gasteiger partial charge in [0.15, 0.2) is 0 Å². The van der Waals surface area contributed by atoms with Crippen LogP contribution in [0.25, 0.3) is 0 Å². The van der Waals surface area contributed by atoms with E-state index in [4.69, 9.17) is 11.5 Å². The number of nitrogens with two attached hydrogens (primary N) is 2. The second-order valence-electron chi connectivity index (χ2n) is 5.15. The summed E-state index contributed by atoms with van der Waals surface area (Å²) in [5, 5.41) is 11.1. The third-order valence-electron chi connectivity index (χ3n) is 2.67. The van der Waals surface area contributed by atoms with E-state index in [9.17, 15) is 19.7 Å². The van der Waals surface area contributed by atoms with Crippen molar-refractivity contribution in [3.8, 4) is 0 Å². The zero-order valence-electron chi connectivity index (χ0n) is 10.9. The Morgan fingerprint density at radius 2 is 1.53 bits per heavy atom. The first-order valence-electron chi connectivity index (χ1n) is 5.48. The second kappa shape index (κ2) is 4.68. The van der Waals surface area contributed by atoms with Crippen molar-refractivity contribution in [3.63, 3.8) is 0 Å². The van der Waals surface area contributed by atoms with Crippen LogP contribution >= 0.6 is 0 Å². The van der Waals surface area contributed by atoms with Crippen molar-refractivity contribution in [2.75, 3.05) is 0 Å². The Bertz CT molecular complexity index is 573. The quantitative estimate of drug-likeness (QED) is 0.625. The van der Waals surface area contributed by atoms with Crippen LogP contribution in [0.2, 0.25) is 0 Å². The topological polar surface area (TPSA) is 129 Å². The van der Waals surface area contributed by atoms with E-state index in [2.05, 4.69) is 0 Å². The van der Waals surface area contributed by atoms with Gasteiger partial charge in [-0.1, -0.05) is 20.8 Å². The number of nitro benzene ring substituents is 1. The summed E-state index contributed by atoms with van der Waals surface area (Å²) in [5.41, 5.74) is 9.41. The molecule has 0 spiro atoms. The Morgan fingerprint density at radius 1 is 1.11 bits per heavy atom. The van der Waals surface area contributed by atoms with Crippen LogP contribution in [0.4, 0.5) is 5.69 Å². The van der Waals surface area contributed by atoms with Gasteiger partial charge in [-0.3, -0.25) is 19.7 Å². The molecule has 0 radical (unpaired) electrons. The van der Waals surface area contributed by atoms with Crippen LogP contribution in [0.15, 0.2) is 12.1 Å². The number of carbonyl (C=O) groups is 2. The van der Waals surface area contributed by atoms with E-state index in [0.29, 0.717) is 5.56 Å². The van der Waals surface area contributed by atoms with Gasteiger partial charge in [0.2, 0.25) is 11.8 Å². The van der Waals surface area contributed by atoms with Crippen LogP contribution in [0.3, 0.4) is 0 Å². The molecule has 0 aliphatic carbocycles. The molecule has 7 heteroatoms. The highest BCUT2D eigenvalue weighted by atomic mass is 16.6. The maximum absolute atomic E-state index is 11.3. The zero-order chi connectivity index (χ0) is 15.0. The summed E-state index contributed by atoms with van der Waals surface area (Å²) in [5.74, 6) is -1.79. The molecular formula is C12H15N3O4. The first kappa shape index (κ1) is 14.6. The molecule has 1 rings (SSSR count). The highest BCUT2D eigenvalue weighted by Gasteiger charge is 2.29. The standard InChI is InChI=1S/C12H15N3O4/c1-12(2,3)8-4-6(10(13)16)7(11(14)17)5-9(8)15(18)19/h4-5H,1-3H3,(H2,13,16)(H2,14,17). The number of amides is 2. The summed E-state index contributed by atoms with van der Waals surface area (Å²) in [6.07, 6.45) is 0. The molecule has 0 aliphatic rings. The highest BCUT2D eigenvalue weighted by molar-refractivity contribution is 6.06. The van der Waals surface area contributed by atoms with Crippen LogP contribution in [0.5, 0.6) is 0 Å². The van der Waals surface area contributed by atoms with Gasteiger partial charge in [-0.15, -0.1) is 0 Å². The predicted molar refractivity (Wildman–Crippen MR) is 68.8 cm³/mol. The molecule has 2 amide bonds. The molecule has 0 aliphatic heterocycles. The number of benzene rings is 1. The van der Waals surface area contributed by atoms with Crippen LogP contribution in [0, 0.1) is 10.1 Å². The fourth-order valence-corrected chi connectivity index (χ4v) is 1.75. The summed E-state index contributed by atoms with van der Waals surface area (Å²) in [6, 6.07) is 2.27. The van der Waals surface area contributed by atoms with Crippen LogP contribution < -0.4 is 11.5 Å². The van der Waals surface area contributed by atoms with Gasteiger partial charge in [-0.25, -0.2) is 0 Å². The van der Waals surface area contributed by atoms with E-state index < -0.39 is 22.2 Å². The van der Waals surface area contributed by atoms with E-state index in [0.717, 1.165) is 6.07 Å². The van der Waals surface area contributed by atoms with E-state index in [1.54, 1.807) is 20.8 Å². The van der Waals surface area contributed by atoms with Gasteiger partial charge in [0.1, 0.15) is 0 Å². The number of nitro groups is 1. The summed E-state index contributed by atoms with van der Waals surface area (Å²) < 4.78 is 0. The molecule has 0 saturated heterocycles. The molecule has 19 heavy (non-hydrogen) atoms. The molecule has 4 N–H and O–H groups in total. The molecule has 0 unspecified atom stereocenters. The van der Waals surface area contributed by atoms with Crippen molar-refractivity contribution in [1.82, 2.24) is 0 Å². The van der Waals surface area contributed by atoms with Crippen molar-refractivity contribution in [3.05, 3.63) is 38.9 Å².